The lowest BCUT2D eigenvalue weighted by Crippen LogP contribution is -2.26. The Morgan fingerprint density at radius 2 is 2.07 bits per heavy atom. The highest BCUT2D eigenvalue weighted by molar-refractivity contribution is 7.53. The molecule has 1 saturated heterocycles. The van der Waals surface area contributed by atoms with Crippen molar-refractivity contribution in [2.45, 2.75) is 32.5 Å². The average molecular weight is 411 g/mol. The van der Waals surface area contributed by atoms with Crippen LogP contribution in [0, 0.1) is 18.3 Å². The van der Waals surface area contributed by atoms with Gasteiger partial charge in [-0.15, -0.1) is 6.42 Å². The summed E-state index contributed by atoms with van der Waals surface area (Å²) in [4.78, 5) is 12.2. The predicted octanol–water partition coefficient (Wildman–Crippen LogP) is 1.11. The van der Waals surface area contributed by atoms with E-state index in [-0.39, 0.29) is 25.4 Å². The second kappa shape index (κ2) is 8.53. The molecule has 3 rings (SSSR count). The monoisotopic (exact) mass is 411 g/mol. The van der Waals surface area contributed by atoms with Gasteiger partial charge in [-0.2, -0.15) is 0 Å². The first-order chi connectivity index (χ1) is 13.4. The van der Waals surface area contributed by atoms with E-state index in [9.17, 15) is 9.67 Å². The number of hydrogen-bond acceptors (Lipinski definition) is 10. The molecule has 4 unspecified atom stereocenters. The molecule has 0 amide bonds. The van der Waals surface area contributed by atoms with Gasteiger partial charge in [0.25, 0.3) is 0 Å². The van der Waals surface area contributed by atoms with E-state index in [1.807, 2.05) is 0 Å². The summed E-state index contributed by atoms with van der Waals surface area (Å²) in [5.41, 5.74) is 6.54. The summed E-state index contributed by atoms with van der Waals surface area (Å²) in [6.07, 6.45) is 4.81. The number of nitrogens with two attached hydrogens (primary N) is 1. The van der Waals surface area contributed by atoms with Crippen molar-refractivity contribution in [2.24, 2.45) is 5.92 Å². The van der Waals surface area contributed by atoms with Gasteiger partial charge < -0.3 is 29.4 Å². The minimum absolute atomic E-state index is 0.193. The van der Waals surface area contributed by atoms with Crippen LogP contribution in [0.25, 0.3) is 11.2 Å². The van der Waals surface area contributed by atoms with Crippen LogP contribution in [-0.4, -0.2) is 56.6 Å². The fourth-order valence-electron chi connectivity index (χ4n) is 2.92. The molecule has 152 valence electrons. The number of aromatic nitrogens is 4. The zero-order chi connectivity index (χ0) is 20.3. The Morgan fingerprint density at radius 3 is 2.71 bits per heavy atom. The molecule has 0 saturated carbocycles. The summed E-state index contributed by atoms with van der Waals surface area (Å²) in [5, 5.41) is 10.7. The van der Waals surface area contributed by atoms with Gasteiger partial charge in [-0.3, -0.25) is 9.13 Å². The Balaban J connectivity index is 1.80. The third-order valence-electron chi connectivity index (χ3n) is 4.13. The van der Waals surface area contributed by atoms with Gasteiger partial charge >= 0.3 is 7.60 Å². The average Bonchev–Trinajstić information content (AvgIpc) is 3.22. The standard InChI is InChI=1S/C16H22N5O6P/c1-4-10-12(22)15(21-8-20-11-13(17)18-7-19-14(11)21)27-16(10)24-9-28(23,25-5-2)26-6-3/h1,7-8,10,12,15-16,22H,5-6,9H2,2-3H3,(H2,17,18,19). The highest BCUT2D eigenvalue weighted by atomic mass is 31.2. The topological polar surface area (TPSA) is 144 Å². The van der Waals surface area contributed by atoms with Gasteiger partial charge in [0.05, 0.1) is 19.5 Å². The van der Waals surface area contributed by atoms with Crippen LogP contribution in [0.1, 0.15) is 20.1 Å². The maximum atomic E-state index is 12.6. The second-order valence-electron chi connectivity index (χ2n) is 5.90. The van der Waals surface area contributed by atoms with Crippen molar-refractivity contribution in [1.82, 2.24) is 19.5 Å². The van der Waals surface area contributed by atoms with E-state index in [0.29, 0.717) is 11.2 Å². The van der Waals surface area contributed by atoms with Crippen molar-refractivity contribution in [1.29, 1.82) is 0 Å². The second-order valence-corrected chi connectivity index (χ2v) is 7.90. The fourth-order valence-corrected chi connectivity index (χ4v) is 4.26. The summed E-state index contributed by atoms with van der Waals surface area (Å²) < 4.78 is 35.8. The lowest BCUT2D eigenvalue weighted by molar-refractivity contribution is -0.151. The summed E-state index contributed by atoms with van der Waals surface area (Å²) >= 11 is 0. The lowest BCUT2D eigenvalue weighted by Gasteiger charge is -2.21. The molecule has 0 spiro atoms. The van der Waals surface area contributed by atoms with E-state index in [2.05, 4.69) is 20.9 Å². The Hall–Kier alpha value is -2.06. The predicted molar refractivity (Wildman–Crippen MR) is 98.8 cm³/mol. The van der Waals surface area contributed by atoms with E-state index in [4.69, 9.17) is 30.7 Å². The molecule has 2 aromatic rings. The molecule has 11 nitrogen and oxygen atoms in total. The van der Waals surface area contributed by atoms with Crippen LogP contribution in [-0.2, 0) is 23.1 Å². The van der Waals surface area contributed by atoms with E-state index < -0.39 is 32.1 Å². The van der Waals surface area contributed by atoms with Crippen molar-refractivity contribution in [3.63, 3.8) is 0 Å². The molecule has 0 aliphatic carbocycles. The third-order valence-corrected chi connectivity index (χ3v) is 5.90. The van der Waals surface area contributed by atoms with Crippen molar-refractivity contribution >= 4 is 24.6 Å². The molecule has 28 heavy (non-hydrogen) atoms. The maximum absolute atomic E-state index is 12.6. The molecule has 1 aliphatic heterocycles. The third kappa shape index (κ3) is 3.89. The van der Waals surface area contributed by atoms with Crippen LogP contribution in [0.2, 0.25) is 0 Å². The van der Waals surface area contributed by atoms with E-state index in [1.165, 1.54) is 17.2 Å². The number of aliphatic hydroxyl groups is 1. The Labute approximate surface area is 161 Å². The Morgan fingerprint density at radius 1 is 1.36 bits per heavy atom. The minimum atomic E-state index is -3.46. The molecule has 1 fully saturated rings. The van der Waals surface area contributed by atoms with Gasteiger partial charge in [0.1, 0.15) is 23.9 Å². The molecule has 1 aliphatic rings. The molecule has 3 heterocycles. The van der Waals surface area contributed by atoms with Crippen molar-refractivity contribution in [2.75, 3.05) is 25.3 Å². The summed E-state index contributed by atoms with van der Waals surface area (Å²) in [6, 6.07) is 0. The normalized spacial score (nSPS) is 25.2. The van der Waals surface area contributed by atoms with Crippen molar-refractivity contribution in [3.05, 3.63) is 12.7 Å². The Bertz CT molecular complexity index is 905. The number of aliphatic hydroxyl groups excluding tert-OH is 1. The molecule has 0 radical (unpaired) electrons. The first kappa shape index (κ1) is 20.7. The van der Waals surface area contributed by atoms with E-state index >= 15 is 0 Å². The van der Waals surface area contributed by atoms with Crippen LogP contribution in [0.15, 0.2) is 12.7 Å². The van der Waals surface area contributed by atoms with Crippen molar-refractivity contribution < 1.29 is 28.2 Å². The Kier molecular flexibility index (Phi) is 6.30. The number of fused-ring (bicyclic) bond motifs is 1. The lowest BCUT2D eigenvalue weighted by atomic mass is 10.0. The molecular weight excluding hydrogens is 389 g/mol. The van der Waals surface area contributed by atoms with Crippen molar-refractivity contribution in [3.8, 4) is 12.3 Å². The number of terminal acetylenes is 1. The minimum Gasteiger partial charge on any atom is -0.387 e. The highest BCUT2D eigenvalue weighted by Gasteiger charge is 2.46. The van der Waals surface area contributed by atoms with Crippen LogP contribution >= 0.6 is 7.60 Å². The number of anilines is 1. The zero-order valence-corrected chi connectivity index (χ0v) is 16.4. The number of rotatable bonds is 8. The first-order valence-electron chi connectivity index (χ1n) is 8.66. The molecule has 0 aromatic carbocycles. The molecule has 0 bridgehead atoms. The molecular formula is C16H22N5O6P. The number of hydrogen-bond donors (Lipinski definition) is 2. The molecule has 4 atom stereocenters. The smallest absolute Gasteiger partial charge is 0.356 e. The van der Waals surface area contributed by atoms with Gasteiger partial charge in [0, 0.05) is 0 Å². The molecule has 12 heteroatoms. The van der Waals surface area contributed by atoms with Crippen LogP contribution < -0.4 is 5.73 Å². The van der Waals surface area contributed by atoms with Gasteiger partial charge in [-0.05, 0) is 13.8 Å². The zero-order valence-electron chi connectivity index (χ0n) is 15.5. The quantitative estimate of drug-likeness (QED) is 0.479. The van der Waals surface area contributed by atoms with Crippen LogP contribution in [0.4, 0.5) is 5.82 Å². The summed E-state index contributed by atoms with van der Waals surface area (Å²) in [7, 11) is -3.46. The number of ether oxygens (including phenoxy) is 2. The number of imidazole rings is 1. The van der Waals surface area contributed by atoms with E-state index in [1.54, 1.807) is 13.8 Å². The first-order valence-corrected chi connectivity index (χ1v) is 10.4. The summed E-state index contributed by atoms with van der Waals surface area (Å²) in [5.74, 6) is 1.83. The van der Waals surface area contributed by atoms with Gasteiger partial charge in [0.15, 0.2) is 30.3 Å². The van der Waals surface area contributed by atoms with E-state index in [0.717, 1.165) is 0 Å². The molecule has 2 aromatic heterocycles. The van der Waals surface area contributed by atoms with Gasteiger partial charge in [-0.25, -0.2) is 15.0 Å². The SMILES string of the molecule is C#CC1C(OCP(=O)(OCC)OCC)OC(n2cnc3c(N)ncnc32)C1O. The fraction of sp³-hybridized carbons (Fsp3) is 0.562. The van der Waals surface area contributed by atoms with Crippen LogP contribution in [0.3, 0.4) is 0 Å². The van der Waals surface area contributed by atoms with Gasteiger partial charge in [-0.1, -0.05) is 5.92 Å². The van der Waals surface area contributed by atoms with Crippen LogP contribution in [0.5, 0.6) is 0 Å². The molecule has 3 N–H and O–H groups in total. The highest BCUT2D eigenvalue weighted by Crippen LogP contribution is 2.49. The summed E-state index contributed by atoms with van der Waals surface area (Å²) in [6.45, 7) is 3.77. The maximum Gasteiger partial charge on any atom is 0.356 e. The number of nitrogens with zero attached hydrogens (tertiary/aromatic N) is 4. The van der Waals surface area contributed by atoms with Gasteiger partial charge in [0.2, 0.25) is 0 Å². The number of nitrogen functional groups attached to an aromatic ring is 1. The largest absolute Gasteiger partial charge is 0.387 e.